The molecule has 19 heavy (non-hydrogen) atoms. The van der Waals surface area contributed by atoms with Gasteiger partial charge in [-0.15, -0.1) is 0 Å². The Kier molecular flexibility index (Phi) is 7.28. The molecule has 2 nitrogen and oxygen atoms in total. The van der Waals surface area contributed by atoms with Gasteiger partial charge in [-0.05, 0) is 39.0 Å². The normalized spacial score (nSPS) is 14.8. The van der Waals surface area contributed by atoms with Gasteiger partial charge in [0.1, 0.15) is 5.78 Å². The minimum atomic E-state index is -0.227. The number of Topliss-reactive ketones (excluding diaryl/α,β-unsaturated/α-hetero) is 1. The van der Waals surface area contributed by atoms with Gasteiger partial charge in [-0.3, -0.25) is 4.79 Å². The van der Waals surface area contributed by atoms with Crippen molar-refractivity contribution in [3.8, 4) is 0 Å². The molecule has 114 valence electrons. The van der Waals surface area contributed by atoms with Gasteiger partial charge in [0.2, 0.25) is 0 Å². The monoisotopic (exact) mass is 270 g/mol. The van der Waals surface area contributed by atoms with Crippen molar-refractivity contribution >= 4 is 5.78 Å². The molecule has 0 radical (unpaired) electrons. The molecule has 0 heterocycles. The molecule has 0 saturated heterocycles. The van der Waals surface area contributed by atoms with Gasteiger partial charge in [-0.25, -0.2) is 0 Å². The van der Waals surface area contributed by atoms with Crippen LogP contribution in [0, 0.1) is 11.3 Å². The van der Waals surface area contributed by atoms with Crippen LogP contribution >= 0.6 is 0 Å². The maximum absolute atomic E-state index is 12.4. The Labute approximate surface area is 120 Å². The highest BCUT2D eigenvalue weighted by Gasteiger charge is 2.30. The highest BCUT2D eigenvalue weighted by Crippen LogP contribution is 2.28. The molecular weight excluding hydrogens is 236 g/mol. The third kappa shape index (κ3) is 7.10. The zero-order chi connectivity index (χ0) is 15.3. The number of rotatable bonds is 9. The summed E-state index contributed by atoms with van der Waals surface area (Å²) in [6, 6.07) is 0. The summed E-state index contributed by atoms with van der Waals surface area (Å²) in [6.45, 7) is 16.9. The summed E-state index contributed by atoms with van der Waals surface area (Å²) in [5.74, 6) is 0.878. The van der Waals surface area contributed by atoms with Crippen LogP contribution in [0.15, 0.2) is 0 Å². The first-order chi connectivity index (χ1) is 8.54. The smallest absolute Gasteiger partial charge is 0.141 e. The molecule has 1 unspecified atom stereocenters. The first-order valence-corrected chi connectivity index (χ1v) is 7.75. The molecule has 0 saturated carbocycles. The van der Waals surface area contributed by atoms with Crippen LogP contribution in [0.4, 0.5) is 0 Å². The van der Waals surface area contributed by atoms with Gasteiger partial charge < -0.3 is 4.74 Å². The van der Waals surface area contributed by atoms with Crippen molar-refractivity contribution in [2.24, 2.45) is 11.3 Å². The van der Waals surface area contributed by atoms with Gasteiger partial charge in [0.05, 0.1) is 11.7 Å². The van der Waals surface area contributed by atoms with Crippen molar-refractivity contribution in [2.75, 3.05) is 0 Å². The standard InChI is InChI=1S/C17H34O2/c1-9-16(5,6)15(18)12-14(11-13(3)4)19-17(7,8)10-2/h13-14H,9-12H2,1-8H3. The molecule has 0 aliphatic heterocycles. The maximum Gasteiger partial charge on any atom is 0.141 e. The first kappa shape index (κ1) is 18.6. The summed E-state index contributed by atoms with van der Waals surface area (Å²) in [7, 11) is 0. The van der Waals surface area contributed by atoms with E-state index in [0.29, 0.717) is 18.1 Å². The van der Waals surface area contributed by atoms with Gasteiger partial charge in [0, 0.05) is 11.8 Å². The summed E-state index contributed by atoms with van der Waals surface area (Å²) in [5, 5.41) is 0. The van der Waals surface area contributed by atoms with Crippen molar-refractivity contribution in [2.45, 2.75) is 92.8 Å². The number of ketones is 1. The molecule has 0 aromatic carbocycles. The Balaban J connectivity index is 4.74. The lowest BCUT2D eigenvalue weighted by Crippen LogP contribution is -2.35. The average Bonchev–Trinajstić information content (AvgIpc) is 2.27. The lowest BCUT2D eigenvalue weighted by Gasteiger charge is -2.32. The summed E-state index contributed by atoms with van der Waals surface area (Å²) in [4.78, 5) is 12.4. The quantitative estimate of drug-likeness (QED) is 0.589. The number of ether oxygens (including phenoxy) is 1. The summed E-state index contributed by atoms with van der Waals surface area (Å²) < 4.78 is 6.19. The molecular formula is C17H34O2. The van der Waals surface area contributed by atoms with Crippen molar-refractivity contribution in [1.82, 2.24) is 0 Å². The molecule has 0 amide bonds. The summed E-state index contributed by atoms with van der Waals surface area (Å²) in [5.41, 5.74) is -0.370. The highest BCUT2D eigenvalue weighted by atomic mass is 16.5. The minimum Gasteiger partial charge on any atom is -0.372 e. The van der Waals surface area contributed by atoms with Crippen LogP contribution in [-0.4, -0.2) is 17.5 Å². The third-order valence-corrected chi connectivity index (χ3v) is 4.12. The van der Waals surface area contributed by atoms with Gasteiger partial charge >= 0.3 is 0 Å². The summed E-state index contributed by atoms with van der Waals surface area (Å²) >= 11 is 0. The SMILES string of the molecule is CCC(C)(C)OC(CC(=O)C(C)(C)CC)CC(C)C. The molecule has 0 rings (SSSR count). The largest absolute Gasteiger partial charge is 0.372 e. The second-order valence-electron chi connectivity index (χ2n) is 7.35. The molecule has 0 spiro atoms. The fraction of sp³-hybridized carbons (Fsp3) is 0.941. The Morgan fingerprint density at radius 2 is 1.58 bits per heavy atom. The van der Waals surface area contributed by atoms with E-state index in [2.05, 4.69) is 41.5 Å². The van der Waals surface area contributed by atoms with E-state index in [1.165, 1.54) is 0 Å². The molecule has 0 bridgehead atoms. The molecule has 1 atom stereocenters. The second kappa shape index (κ2) is 7.42. The van der Waals surface area contributed by atoms with E-state index in [0.717, 1.165) is 19.3 Å². The van der Waals surface area contributed by atoms with Crippen LogP contribution in [-0.2, 0) is 9.53 Å². The predicted octanol–water partition coefficient (Wildman–Crippen LogP) is 5.00. The Morgan fingerprint density at radius 1 is 1.05 bits per heavy atom. The zero-order valence-electron chi connectivity index (χ0n) is 14.3. The van der Waals surface area contributed by atoms with Gasteiger partial charge in [-0.1, -0.05) is 41.5 Å². The molecule has 0 N–H and O–H groups in total. The predicted molar refractivity (Wildman–Crippen MR) is 82.4 cm³/mol. The summed E-state index contributed by atoms with van der Waals surface area (Å²) in [6.07, 6.45) is 3.40. The van der Waals surface area contributed by atoms with E-state index in [1.54, 1.807) is 0 Å². The fourth-order valence-electron chi connectivity index (χ4n) is 1.91. The second-order valence-corrected chi connectivity index (χ2v) is 7.35. The van der Waals surface area contributed by atoms with Crippen molar-refractivity contribution in [3.05, 3.63) is 0 Å². The Morgan fingerprint density at radius 3 is 1.95 bits per heavy atom. The van der Waals surface area contributed by atoms with Crippen molar-refractivity contribution in [3.63, 3.8) is 0 Å². The molecule has 0 fully saturated rings. The average molecular weight is 270 g/mol. The Bertz CT molecular complexity index is 277. The fourth-order valence-corrected chi connectivity index (χ4v) is 1.91. The topological polar surface area (TPSA) is 26.3 Å². The highest BCUT2D eigenvalue weighted by molar-refractivity contribution is 5.84. The number of hydrogen-bond donors (Lipinski definition) is 0. The van der Waals surface area contributed by atoms with Crippen LogP contribution in [0.5, 0.6) is 0 Å². The van der Waals surface area contributed by atoms with Crippen LogP contribution in [0.2, 0.25) is 0 Å². The van der Waals surface area contributed by atoms with E-state index < -0.39 is 0 Å². The van der Waals surface area contributed by atoms with E-state index in [9.17, 15) is 4.79 Å². The molecule has 0 aliphatic rings. The van der Waals surface area contributed by atoms with Crippen LogP contribution in [0.3, 0.4) is 0 Å². The van der Waals surface area contributed by atoms with Crippen LogP contribution in [0.25, 0.3) is 0 Å². The molecule has 2 heteroatoms. The van der Waals surface area contributed by atoms with Gasteiger partial charge in [-0.2, -0.15) is 0 Å². The van der Waals surface area contributed by atoms with Gasteiger partial charge in [0.15, 0.2) is 0 Å². The van der Waals surface area contributed by atoms with E-state index in [1.807, 2.05) is 13.8 Å². The number of carbonyl (C=O) groups is 1. The lowest BCUT2D eigenvalue weighted by atomic mass is 9.82. The van der Waals surface area contributed by atoms with Crippen molar-refractivity contribution in [1.29, 1.82) is 0 Å². The minimum absolute atomic E-state index is 0.0493. The van der Waals surface area contributed by atoms with Crippen LogP contribution in [0.1, 0.15) is 81.1 Å². The molecule has 0 aromatic heterocycles. The Hall–Kier alpha value is -0.370. The van der Waals surface area contributed by atoms with Gasteiger partial charge in [0.25, 0.3) is 0 Å². The zero-order valence-corrected chi connectivity index (χ0v) is 14.3. The number of hydrogen-bond acceptors (Lipinski definition) is 2. The van der Waals surface area contributed by atoms with Crippen LogP contribution < -0.4 is 0 Å². The maximum atomic E-state index is 12.4. The number of carbonyl (C=O) groups excluding carboxylic acids is 1. The first-order valence-electron chi connectivity index (χ1n) is 7.75. The van der Waals surface area contributed by atoms with E-state index in [-0.39, 0.29) is 17.1 Å². The van der Waals surface area contributed by atoms with E-state index >= 15 is 0 Å². The molecule has 0 aliphatic carbocycles. The third-order valence-electron chi connectivity index (χ3n) is 4.12. The van der Waals surface area contributed by atoms with E-state index in [4.69, 9.17) is 4.74 Å². The van der Waals surface area contributed by atoms with Crippen molar-refractivity contribution < 1.29 is 9.53 Å². The lowest BCUT2D eigenvalue weighted by molar-refractivity contribution is -0.135. The molecule has 0 aromatic rings.